The quantitative estimate of drug-likeness (QED) is 0.316. The van der Waals surface area contributed by atoms with Gasteiger partial charge in [0.25, 0.3) is 0 Å². The van der Waals surface area contributed by atoms with Gasteiger partial charge in [0.05, 0.1) is 16.3 Å². The summed E-state index contributed by atoms with van der Waals surface area (Å²) in [6.07, 6.45) is 0. The fraction of sp³-hybridized carbons (Fsp3) is 0.0800. The fourth-order valence-corrected chi connectivity index (χ4v) is 3.66. The number of hydrogen-bond acceptors (Lipinski definition) is 3. The molecule has 4 aromatic rings. The van der Waals surface area contributed by atoms with Crippen LogP contribution < -0.4 is 10.1 Å². The van der Waals surface area contributed by atoms with Crippen molar-refractivity contribution in [3.63, 3.8) is 0 Å². The van der Waals surface area contributed by atoms with Gasteiger partial charge in [-0.15, -0.1) is 0 Å². The number of anilines is 1. The summed E-state index contributed by atoms with van der Waals surface area (Å²) < 4.78 is 6.14. The summed E-state index contributed by atoms with van der Waals surface area (Å²) in [5.41, 5.74) is 2.69. The number of carboxylic acid groups (broad SMARTS) is 1. The maximum atomic E-state index is 11.3. The van der Waals surface area contributed by atoms with Crippen LogP contribution in [0.3, 0.4) is 0 Å². The first-order chi connectivity index (χ1) is 15.0. The molecule has 0 heterocycles. The van der Waals surface area contributed by atoms with Gasteiger partial charge in [-0.1, -0.05) is 65.7 Å². The summed E-state index contributed by atoms with van der Waals surface area (Å²) in [6, 6.07) is 24.1. The molecular weight excluding hydrogens is 433 g/mol. The predicted octanol–water partition coefficient (Wildman–Crippen LogP) is 7.04. The molecule has 0 spiro atoms. The highest BCUT2D eigenvalue weighted by atomic mass is 35.5. The topological polar surface area (TPSA) is 58.6 Å². The van der Waals surface area contributed by atoms with Crippen LogP contribution in [0.15, 0.2) is 78.9 Å². The Bertz CT molecular complexity index is 1240. The number of rotatable bonds is 7. The van der Waals surface area contributed by atoms with Gasteiger partial charge in [-0.3, -0.25) is 0 Å². The molecule has 4 nitrogen and oxygen atoms in total. The molecule has 0 atom stereocenters. The molecule has 0 aliphatic carbocycles. The molecule has 4 aromatic carbocycles. The molecule has 31 heavy (non-hydrogen) atoms. The molecule has 2 N–H and O–H groups in total. The molecule has 0 aliphatic heterocycles. The van der Waals surface area contributed by atoms with Crippen molar-refractivity contribution in [1.29, 1.82) is 0 Å². The summed E-state index contributed by atoms with van der Waals surface area (Å²) >= 11 is 12.2. The van der Waals surface area contributed by atoms with E-state index in [-0.39, 0.29) is 5.56 Å². The zero-order chi connectivity index (χ0) is 21.8. The van der Waals surface area contributed by atoms with Crippen LogP contribution in [0, 0.1) is 0 Å². The van der Waals surface area contributed by atoms with E-state index in [1.165, 1.54) is 12.1 Å². The summed E-state index contributed by atoms with van der Waals surface area (Å²) in [4.78, 5) is 11.3. The van der Waals surface area contributed by atoms with Crippen molar-refractivity contribution in [3.8, 4) is 5.75 Å². The Morgan fingerprint density at radius 3 is 2.48 bits per heavy atom. The van der Waals surface area contributed by atoms with Crippen molar-refractivity contribution in [1.82, 2.24) is 0 Å². The van der Waals surface area contributed by atoms with Crippen LogP contribution >= 0.6 is 23.2 Å². The predicted molar refractivity (Wildman–Crippen MR) is 125 cm³/mol. The molecule has 0 fully saturated rings. The number of hydrogen-bond donors (Lipinski definition) is 2. The second kappa shape index (κ2) is 9.29. The van der Waals surface area contributed by atoms with Crippen LogP contribution in [0.5, 0.6) is 5.75 Å². The van der Waals surface area contributed by atoms with Gasteiger partial charge in [0.1, 0.15) is 12.4 Å². The number of nitrogens with one attached hydrogen (secondary N) is 1. The van der Waals surface area contributed by atoms with Crippen molar-refractivity contribution in [3.05, 3.63) is 106 Å². The van der Waals surface area contributed by atoms with Gasteiger partial charge in [0.15, 0.2) is 0 Å². The SMILES string of the molecule is O=C(O)c1ccc(Cl)c(NCc2c(OCc3ccc(Cl)cc3)ccc3ccccc23)c1. The monoisotopic (exact) mass is 451 g/mol. The Morgan fingerprint density at radius 1 is 0.935 bits per heavy atom. The summed E-state index contributed by atoms with van der Waals surface area (Å²) in [5.74, 6) is -0.261. The van der Waals surface area contributed by atoms with Crippen LogP contribution in [-0.4, -0.2) is 11.1 Å². The Hall–Kier alpha value is -3.21. The molecule has 0 aliphatic rings. The lowest BCUT2D eigenvalue weighted by atomic mass is 10.0. The number of aromatic carboxylic acids is 1. The summed E-state index contributed by atoms with van der Waals surface area (Å²) in [5, 5.41) is 15.8. The molecular formula is C25H19Cl2NO3. The van der Waals surface area contributed by atoms with Crippen LogP contribution in [-0.2, 0) is 13.2 Å². The van der Waals surface area contributed by atoms with Crippen molar-refractivity contribution < 1.29 is 14.6 Å². The molecule has 6 heteroatoms. The van der Waals surface area contributed by atoms with Crippen molar-refractivity contribution in [2.45, 2.75) is 13.2 Å². The van der Waals surface area contributed by atoms with E-state index in [2.05, 4.69) is 5.32 Å². The van der Waals surface area contributed by atoms with E-state index >= 15 is 0 Å². The Morgan fingerprint density at radius 2 is 1.71 bits per heavy atom. The van der Waals surface area contributed by atoms with Crippen LogP contribution in [0.4, 0.5) is 5.69 Å². The fourth-order valence-electron chi connectivity index (χ4n) is 3.35. The van der Waals surface area contributed by atoms with Gasteiger partial charge >= 0.3 is 5.97 Å². The zero-order valence-corrected chi connectivity index (χ0v) is 18.0. The van der Waals surface area contributed by atoms with Gasteiger partial charge in [-0.05, 0) is 52.7 Å². The zero-order valence-electron chi connectivity index (χ0n) is 16.4. The Kier molecular flexibility index (Phi) is 6.31. The minimum atomic E-state index is -1.00. The highest BCUT2D eigenvalue weighted by Crippen LogP contribution is 2.31. The average Bonchev–Trinajstić information content (AvgIpc) is 2.78. The summed E-state index contributed by atoms with van der Waals surface area (Å²) in [7, 11) is 0. The highest BCUT2D eigenvalue weighted by molar-refractivity contribution is 6.33. The minimum Gasteiger partial charge on any atom is -0.489 e. The van der Waals surface area contributed by atoms with Gasteiger partial charge < -0.3 is 15.2 Å². The first-order valence-electron chi connectivity index (χ1n) is 9.66. The molecule has 4 rings (SSSR count). The Balaban J connectivity index is 1.63. The Labute approximate surface area is 190 Å². The maximum absolute atomic E-state index is 11.3. The molecule has 0 aromatic heterocycles. The second-order valence-electron chi connectivity index (χ2n) is 7.03. The van der Waals surface area contributed by atoms with E-state index in [0.29, 0.717) is 28.9 Å². The number of fused-ring (bicyclic) bond motifs is 1. The lowest BCUT2D eigenvalue weighted by molar-refractivity contribution is 0.0697. The first-order valence-corrected chi connectivity index (χ1v) is 10.4. The van der Waals surface area contributed by atoms with E-state index in [0.717, 1.165) is 27.6 Å². The standard InChI is InChI=1S/C25H19Cl2NO3/c26-19-9-5-16(6-10-19)15-31-24-12-8-17-3-1-2-4-20(17)21(24)14-28-23-13-18(25(29)30)7-11-22(23)27/h1-13,28H,14-15H2,(H,29,30). The second-order valence-corrected chi connectivity index (χ2v) is 7.88. The maximum Gasteiger partial charge on any atom is 0.335 e. The number of carboxylic acids is 1. The molecule has 0 saturated heterocycles. The van der Waals surface area contributed by atoms with Gasteiger partial charge in [0.2, 0.25) is 0 Å². The van der Waals surface area contributed by atoms with Crippen molar-refractivity contribution >= 4 is 45.6 Å². The third-order valence-electron chi connectivity index (χ3n) is 4.97. The van der Waals surface area contributed by atoms with Gasteiger partial charge in [-0.25, -0.2) is 4.79 Å². The van der Waals surface area contributed by atoms with E-state index in [1.807, 2.05) is 60.7 Å². The number of carbonyl (C=O) groups is 1. The van der Waals surface area contributed by atoms with Gasteiger partial charge in [-0.2, -0.15) is 0 Å². The lowest BCUT2D eigenvalue weighted by Gasteiger charge is -2.16. The van der Waals surface area contributed by atoms with E-state index < -0.39 is 5.97 Å². The van der Waals surface area contributed by atoms with E-state index in [9.17, 15) is 9.90 Å². The molecule has 0 bridgehead atoms. The van der Waals surface area contributed by atoms with E-state index in [4.69, 9.17) is 27.9 Å². The lowest BCUT2D eigenvalue weighted by Crippen LogP contribution is -2.06. The third kappa shape index (κ3) is 4.93. The highest BCUT2D eigenvalue weighted by Gasteiger charge is 2.12. The smallest absolute Gasteiger partial charge is 0.335 e. The number of ether oxygens (including phenoxy) is 1. The first kappa shape index (κ1) is 21.0. The average molecular weight is 452 g/mol. The summed E-state index contributed by atoms with van der Waals surface area (Å²) in [6.45, 7) is 0.817. The van der Waals surface area contributed by atoms with Gasteiger partial charge in [0, 0.05) is 17.1 Å². The normalized spacial score (nSPS) is 10.8. The number of halogens is 2. The van der Waals surface area contributed by atoms with Crippen LogP contribution in [0.1, 0.15) is 21.5 Å². The largest absolute Gasteiger partial charge is 0.489 e. The van der Waals surface area contributed by atoms with Crippen molar-refractivity contribution in [2.24, 2.45) is 0 Å². The van der Waals surface area contributed by atoms with Crippen molar-refractivity contribution in [2.75, 3.05) is 5.32 Å². The van der Waals surface area contributed by atoms with Crippen LogP contribution in [0.25, 0.3) is 10.8 Å². The van der Waals surface area contributed by atoms with Crippen LogP contribution in [0.2, 0.25) is 10.0 Å². The molecule has 156 valence electrons. The molecule has 0 saturated carbocycles. The molecule has 0 radical (unpaired) electrons. The molecule has 0 amide bonds. The minimum absolute atomic E-state index is 0.170. The third-order valence-corrected chi connectivity index (χ3v) is 5.56. The molecule has 0 unspecified atom stereocenters. The van der Waals surface area contributed by atoms with E-state index in [1.54, 1.807) is 6.07 Å². The number of benzene rings is 4.